The van der Waals surface area contributed by atoms with Gasteiger partial charge in [-0.05, 0) is 54.1 Å². The fraction of sp³-hybridized carbons (Fsp3) is 0.120. The predicted molar refractivity (Wildman–Crippen MR) is 122 cm³/mol. The largest absolute Gasteiger partial charge is 0.507 e. The van der Waals surface area contributed by atoms with E-state index in [9.17, 15) is 19.1 Å². The summed E-state index contributed by atoms with van der Waals surface area (Å²) in [5.74, 6) is -1.45. The second kappa shape index (κ2) is 8.39. The van der Waals surface area contributed by atoms with Gasteiger partial charge in [0.05, 0.1) is 23.7 Å². The molecule has 9 heteroatoms. The standard InChI is InChI=1S/C25H17ClFNO6/c1-32-16-4-2-3-13(9-16)22-21(23(29)14-5-8-19-20(10-14)34-12-33-19)24(30)25(31)28(22)15-6-7-18(27)17(26)11-15/h2-11,22,29H,12H2,1H3/b23-21-. The SMILES string of the molecule is COc1cccc(C2/C(=C(/O)c3ccc4c(c3)OCO4)C(=O)C(=O)N2c2ccc(F)c(Cl)c2)c1. The molecule has 0 saturated carbocycles. The van der Waals surface area contributed by atoms with Crippen LogP contribution in [0.15, 0.2) is 66.2 Å². The van der Waals surface area contributed by atoms with Crippen molar-refractivity contribution in [2.24, 2.45) is 0 Å². The number of carbonyl (C=O) groups excluding carboxylic acids is 2. The number of hydrogen-bond acceptors (Lipinski definition) is 6. The lowest BCUT2D eigenvalue weighted by molar-refractivity contribution is -0.132. The van der Waals surface area contributed by atoms with Crippen LogP contribution in [0.25, 0.3) is 5.76 Å². The van der Waals surface area contributed by atoms with Crippen molar-refractivity contribution >= 4 is 34.7 Å². The highest BCUT2D eigenvalue weighted by Crippen LogP contribution is 2.44. The molecule has 1 fully saturated rings. The molecule has 7 nitrogen and oxygen atoms in total. The van der Waals surface area contributed by atoms with Gasteiger partial charge >= 0.3 is 0 Å². The van der Waals surface area contributed by atoms with Crippen LogP contribution in [0.4, 0.5) is 10.1 Å². The predicted octanol–water partition coefficient (Wildman–Crippen LogP) is 4.84. The van der Waals surface area contributed by atoms with E-state index in [0.717, 1.165) is 6.07 Å². The Labute approximate surface area is 198 Å². The number of nitrogens with zero attached hydrogens (tertiary/aromatic N) is 1. The summed E-state index contributed by atoms with van der Waals surface area (Å²) in [5, 5.41) is 11.0. The summed E-state index contributed by atoms with van der Waals surface area (Å²) in [5.41, 5.74) is 0.831. The number of anilines is 1. The summed E-state index contributed by atoms with van der Waals surface area (Å²) < 4.78 is 29.8. The van der Waals surface area contributed by atoms with Crippen LogP contribution in [0.3, 0.4) is 0 Å². The molecule has 0 spiro atoms. The van der Waals surface area contributed by atoms with E-state index in [1.165, 1.54) is 30.2 Å². The first-order chi connectivity index (χ1) is 16.4. The van der Waals surface area contributed by atoms with Crippen LogP contribution < -0.4 is 19.1 Å². The highest BCUT2D eigenvalue weighted by molar-refractivity contribution is 6.51. The van der Waals surface area contributed by atoms with Crippen LogP contribution in [0.5, 0.6) is 17.2 Å². The maximum atomic E-state index is 13.8. The highest BCUT2D eigenvalue weighted by atomic mass is 35.5. The molecule has 0 aliphatic carbocycles. The molecule has 0 radical (unpaired) electrons. The van der Waals surface area contributed by atoms with Gasteiger partial charge in [-0.3, -0.25) is 14.5 Å². The molecule has 1 unspecified atom stereocenters. The van der Waals surface area contributed by atoms with Crippen molar-refractivity contribution < 1.29 is 33.3 Å². The van der Waals surface area contributed by atoms with E-state index in [0.29, 0.717) is 22.8 Å². The Morgan fingerprint density at radius 2 is 1.88 bits per heavy atom. The third-order valence-corrected chi connectivity index (χ3v) is 5.97. The zero-order chi connectivity index (χ0) is 24.0. The molecule has 5 rings (SSSR count). The Kier molecular flexibility index (Phi) is 5.37. The zero-order valence-electron chi connectivity index (χ0n) is 17.7. The van der Waals surface area contributed by atoms with Crippen LogP contribution >= 0.6 is 11.6 Å². The van der Waals surface area contributed by atoms with Gasteiger partial charge in [0.2, 0.25) is 6.79 Å². The number of methoxy groups -OCH3 is 1. The highest BCUT2D eigenvalue weighted by Gasteiger charge is 2.47. The molecule has 1 atom stereocenters. The number of amides is 1. The minimum Gasteiger partial charge on any atom is -0.507 e. The number of halogens is 2. The molecule has 3 aromatic carbocycles. The summed E-state index contributed by atoms with van der Waals surface area (Å²) in [6, 6.07) is 14.2. The number of hydrogen-bond donors (Lipinski definition) is 1. The van der Waals surface area contributed by atoms with Crippen LogP contribution in [-0.2, 0) is 9.59 Å². The van der Waals surface area contributed by atoms with Gasteiger partial charge in [-0.15, -0.1) is 0 Å². The van der Waals surface area contributed by atoms with Crippen molar-refractivity contribution in [1.82, 2.24) is 0 Å². The Hall–Kier alpha value is -4.04. The van der Waals surface area contributed by atoms with Crippen LogP contribution in [0.2, 0.25) is 5.02 Å². The van der Waals surface area contributed by atoms with Gasteiger partial charge in [0.15, 0.2) is 11.5 Å². The van der Waals surface area contributed by atoms with Crippen LogP contribution in [0.1, 0.15) is 17.2 Å². The summed E-state index contributed by atoms with van der Waals surface area (Å²) in [4.78, 5) is 27.6. The molecule has 1 saturated heterocycles. The number of fused-ring (bicyclic) bond motifs is 1. The maximum absolute atomic E-state index is 13.8. The number of ether oxygens (including phenoxy) is 3. The molecule has 34 heavy (non-hydrogen) atoms. The second-order valence-corrected chi connectivity index (χ2v) is 8.02. The van der Waals surface area contributed by atoms with E-state index < -0.39 is 23.5 Å². The quantitative estimate of drug-likeness (QED) is 0.326. The first-order valence-corrected chi connectivity index (χ1v) is 10.6. The lowest BCUT2D eigenvalue weighted by Crippen LogP contribution is -2.29. The lowest BCUT2D eigenvalue weighted by atomic mass is 9.95. The molecule has 1 N–H and O–H groups in total. The first-order valence-electron chi connectivity index (χ1n) is 10.2. The minimum absolute atomic E-state index is 0.0407. The van der Waals surface area contributed by atoms with Gasteiger partial charge in [0.1, 0.15) is 17.3 Å². The van der Waals surface area contributed by atoms with E-state index in [2.05, 4.69) is 0 Å². The molecular weight excluding hydrogens is 465 g/mol. The van der Waals surface area contributed by atoms with Crippen LogP contribution in [0, 0.1) is 5.82 Å². The van der Waals surface area contributed by atoms with Crippen molar-refractivity contribution in [3.63, 3.8) is 0 Å². The van der Waals surface area contributed by atoms with Crippen molar-refractivity contribution in [2.75, 3.05) is 18.8 Å². The molecular formula is C25H17ClFNO6. The van der Waals surface area contributed by atoms with E-state index in [4.69, 9.17) is 25.8 Å². The summed E-state index contributed by atoms with van der Waals surface area (Å²) in [6.07, 6.45) is 0. The smallest absolute Gasteiger partial charge is 0.300 e. The fourth-order valence-corrected chi connectivity index (χ4v) is 4.23. The zero-order valence-corrected chi connectivity index (χ0v) is 18.5. The third kappa shape index (κ3) is 3.52. The van der Waals surface area contributed by atoms with E-state index in [-0.39, 0.29) is 34.4 Å². The molecule has 1 amide bonds. The molecule has 3 aromatic rings. The van der Waals surface area contributed by atoms with Crippen molar-refractivity contribution in [3.05, 3.63) is 88.2 Å². The number of aliphatic hydroxyl groups excluding tert-OH is 1. The van der Waals surface area contributed by atoms with Crippen LogP contribution in [-0.4, -0.2) is 30.7 Å². The number of carbonyl (C=O) groups is 2. The summed E-state index contributed by atoms with van der Waals surface area (Å²) in [7, 11) is 1.49. The van der Waals surface area contributed by atoms with E-state index in [1.807, 2.05) is 0 Å². The van der Waals surface area contributed by atoms with Gasteiger partial charge < -0.3 is 19.3 Å². The summed E-state index contributed by atoms with van der Waals surface area (Å²) >= 11 is 5.96. The molecule has 0 aromatic heterocycles. The van der Waals surface area contributed by atoms with E-state index in [1.54, 1.807) is 36.4 Å². The molecule has 2 aliphatic heterocycles. The fourth-order valence-electron chi connectivity index (χ4n) is 4.06. The third-order valence-electron chi connectivity index (χ3n) is 5.68. The Bertz CT molecular complexity index is 1370. The van der Waals surface area contributed by atoms with Crippen molar-refractivity contribution in [3.8, 4) is 17.2 Å². The molecule has 0 bridgehead atoms. The van der Waals surface area contributed by atoms with E-state index >= 15 is 0 Å². The number of Topliss-reactive ketones (excluding diaryl/α,β-unsaturated/α-hetero) is 1. The van der Waals surface area contributed by atoms with Gasteiger partial charge in [-0.25, -0.2) is 4.39 Å². The maximum Gasteiger partial charge on any atom is 0.300 e. The van der Waals surface area contributed by atoms with Gasteiger partial charge in [0.25, 0.3) is 11.7 Å². The number of rotatable bonds is 4. The van der Waals surface area contributed by atoms with Gasteiger partial charge in [-0.1, -0.05) is 23.7 Å². The summed E-state index contributed by atoms with van der Waals surface area (Å²) in [6.45, 7) is 0.0407. The second-order valence-electron chi connectivity index (χ2n) is 7.61. The monoisotopic (exact) mass is 481 g/mol. The number of benzene rings is 3. The topological polar surface area (TPSA) is 85.3 Å². The number of aliphatic hydroxyl groups is 1. The average molecular weight is 482 g/mol. The molecule has 2 aliphatic rings. The van der Waals surface area contributed by atoms with Crippen molar-refractivity contribution in [1.29, 1.82) is 0 Å². The Morgan fingerprint density at radius 1 is 1.09 bits per heavy atom. The Morgan fingerprint density at radius 3 is 2.65 bits per heavy atom. The van der Waals surface area contributed by atoms with Gasteiger partial charge in [-0.2, -0.15) is 0 Å². The average Bonchev–Trinajstić information content (AvgIpc) is 3.42. The lowest BCUT2D eigenvalue weighted by Gasteiger charge is -2.26. The normalized spacial score (nSPS) is 18.4. The molecule has 172 valence electrons. The van der Waals surface area contributed by atoms with Crippen molar-refractivity contribution in [2.45, 2.75) is 6.04 Å². The number of ketones is 1. The Balaban J connectivity index is 1.72. The molecule has 2 heterocycles. The first kappa shape index (κ1) is 21.8. The minimum atomic E-state index is -1.03. The van der Waals surface area contributed by atoms with Gasteiger partial charge in [0, 0.05) is 11.3 Å².